The van der Waals surface area contributed by atoms with Crippen molar-refractivity contribution in [3.05, 3.63) is 90.5 Å². The molecule has 1 amide bonds. The van der Waals surface area contributed by atoms with Crippen LogP contribution in [0.5, 0.6) is 17.2 Å². The molecule has 0 unspecified atom stereocenters. The fourth-order valence-electron chi connectivity index (χ4n) is 10.7. The van der Waals surface area contributed by atoms with E-state index in [-0.39, 0.29) is 49.4 Å². The van der Waals surface area contributed by atoms with E-state index in [0.717, 1.165) is 84.1 Å². The summed E-state index contributed by atoms with van der Waals surface area (Å²) >= 11 is 0. The summed E-state index contributed by atoms with van der Waals surface area (Å²) in [5, 5.41) is 27.2. The van der Waals surface area contributed by atoms with Gasteiger partial charge in [-0.05, 0) is 124 Å². The minimum Gasteiger partial charge on any atom is -0.459 e. The standard InChI is InChI=1S/C52H70N2O7/c1-6-28-54(48(57)27-22-36-16-8-9-17-36)47-35-45(53-61-51(3,4)5)43-33-39(20-12-14-29-55)42(21-13-15-30-56)49-44-34-41(59-40-24-23-37-18-10-11-19-38(37)32-40)25-26-46(44)60-52(47,50(43)49)58-31-7-2/h7,10-11,18-19,23-26,32-34,36,39,42,47,49-50,55-56H,2,6,8-9,12-17,20-22,27-31,35H2,1,3-5H3/t39-,42+,47-,49+,50+,52+/m0/s1. The first-order valence-corrected chi connectivity index (χ1v) is 23.3. The van der Waals surface area contributed by atoms with Gasteiger partial charge in [0.15, 0.2) is 0 Å². The van der Waals surface area contributed by atoms with E-state index in [0.29, 0.717) is 37.5 Å². The predicted octanol–water partition coefficient (Wildman–Crippen LogP) is 11.3. The van der Waals surface area contributed by atoms with Crippen LogP contribution in [-0.4, -0.2) is 70.5 Å². The lowest BCUT2D eigenvalue weighted by Crippen LogP contribution is -2.70. The molecule has 9 heteroatoms. The van der Waals surface area contributed by atoms with Gasteiger partial charge in [0.25, 0.3) is 0 Å². The number of hydrogen-bond donors (Lipinski definition) is 2. The van der Waals surface area contributed by atoms with Gasteiger partial charge in [-0.3, -0.25) is 4.79 Å². The van der Waals surface area contributed by atoms with Gasteiger partial charge in [-0.25, -0.2) is 0 Å². The highest BCUT2D eigenvalue weighted by Gasteiger charge is 2.65. The molecule has 3 aliphatic carbocycles. The van der Waals surface area contributed by atoms with E-state index in [1.807, 2.05) is 51.1 Å². The summed E-state index contributed by atoms with van der Waals surface area (Å²) in [4.78, 5) is 23.2. The first-order valence-electron chi connectivity index (χ1n) is 23.3. The van der Waals surface area contributed by atoms with Crippen LogP contribution in [0.3, 0.4) is 0 Å². The largest absolute Gasteiger partial charge is 0.459 e. The summed E-state index contributed by atoms with van der Waals surface area (Å²) < 4.78 is 21.3. The van der Waals surface area contributed by atoms with Crippen molar-refractivity contribution in [1.29, 1.82) is 0 Å². The zero-order valence-corrected chi connectivity index (χ0v) is 37.2. The molecule has 1 aliphatic heterocycles. The average molecular weight is 835 g/mol. The van der Waals surface area contributed by atoms with Crippen LogP contribution in [0.25, 0.3) is 10.8 Å². The van der Waals surface area contributed by atoms with Crippen LogP contribution in [-0.2, 0) is 14.4 Å². The molecular weight excluding hydrogens is 765 g/mol. The fraction of sp³-hybridized carbons (Fsp3) is 0.577. The van der Waals surface area contributed by atoms with Gasteiger partial charge >= 0.3 is 0 Å². The number of allylic oxidation sites excluding steroid dienone is 1. The number of rotatable bonds is 20. The van der Waals surface area contributed by atoms with Crippen LogP contribution in [0.15, 0.2) is 90.1 Å². The Morgan fingerprint density at radius 2 is 1.67 bits per heavy atom. The van der Waals surface area contributed by atoms with Crippen LogP contribution in [0.2, 0.25) is 0 Å². The van der Waals surface area contributed by atoms with E-state index in [2.05, 4.69) is 54.8 Å². The van der Waals surface area contributed by atoms with Gasteiger partial charge in [0.2, 0.25) is 11.7 Å². The molecule has 0 bridgehead atoms. The lowest BCUT2D eigenvalue weighted by molar-refractivity contribution is -0.257. The number of ether oxygens (including phenoxy) is 3. The molecule has 0 aromatic heterocycles. The lowest BCUT2D eigenvalue weighted by atomic mass is 9.55. The number of nitrogens with zero attached hydrogens (tertiary/aromatic N) is 2. The summed E-state index contributed by atoms with van der Waals surface area (Å²) in [7, 11) is 0. The Kier molecular flexibility index (Phi) is 15.0. The van der Waals surface area contributed by atoms with Gasteiger partial charge in [-0.15, -0.1) is 6.58 Å². The molecule has 61 heavy (non-hydrogen) atoms. The third-order valence-corrected chi connectivity index (χ3v) is 13.4. The Morgan fingerprint density at radius 3 is 2.39 bits per heavy atom. The van der Waals surface area contributed by atoms with Crippen LogP contribution in [0, 0.1) is 23.7 Å². The molecule has 6 atom stereocenters. The van der Waals surface area contributed by atoms with Gasteiger partial charge in [0.05, 0.1) is 18.2 Å². The smallest absolute Gasteiger partial charge is 0.239 e. The van der Waals surface area contributed by atoms with Gasteiger partial charge in [0.1, 0.15) is 28.9 Å². The number of amides is 1. The van der Waals surface area contributed by atoms with Crippen molar-refractivity contribution in [3.63, 3.8) is 0 Å². The molecule has 0 spiro atoms. The molecule has 4 aliphatic rings. The zero-order chi connectivity index (χ0) is 43.0. The Morgan fingerprint density at radius 1 is 0.951 bits per heavy atom. The molecule has 330 valence electrons. The molecular formula is C52H70N2O7. The van der Waals surface area contributed by atoms with E-state index < -0.39 is 17.4 Å². The highest BCUT2D eigenvalue weighted by molar-refractivity contribution is 6.03. The number of carbonyl (C=O) groups excluding carboxylic acids is 1. The summed E-state index contributed by atoms with van der Waals surface area (Å²) in [6.07, 6.45) is 16.6. The quantitative estimate of drug-likeness (QED) is 0.0662. The first-order chi connectivity index (χ1) is 29.6. The summed E-state index contributed by atoms with van der Waals surface area (Å²) in [6.45, 7) is 13.3. The van der Waals surface area contributed by atoms with Crippen LogP contribution in [0.4, 0.5) is 0 Å². The van der Waals surface area contributed by atoms with E-state index in [1.165, 1.54) is 25.7 Å². The second-order valence-electron chi connectivity index (χ2n) is 18.9. The molecule has 3 aromatic carbocycles. The summed E-state index contributed by atoms with van der Waals surface area (Å²) in [5.41, 5.74) is 2.38. The number of hydrogen-bond acceptors (Lipinski definition) is 8. The van der Waals surface area contributed by atoms with E-state index in [9.17, 15) is 15.0 Å². The van der Waals surface area contributed by atoms with Crippen molar-refractivity contribution in [2.75, 3.05) is 26.4 Å². The second-order valence-corrected chi connectivity index (χ2v) is 18.9. The molecule has 3 aromatic rings. The molecule has 2 N–H and O–H groups in total. The van der Waals surface area contributed by atoms with E-state index in [4.69, 9.17) is 24.2 Å². The second kappa shape index (κ2) is 20.3. The molecule has 2 saturated carbocycles. The van der Waals surface area contributed by atoms with Crippen LogP contribution < -0.4 is 9.47 Å². The topological polar surface area (TPSA) is 110 Å². The number of benzene rings is 3. The first kappa shape index (κ1) is 44.9. The third kappa shape index (κ3) is 10.2. The van der Waals surface area contributed by atoms with Crippen molar-refractivity contribution < 1.29 is 34.1 Å². The normalized spacial score (nSPS) is 25.4. The number of unbranched alkanes of at least 4 members (excludes halogenated alkanes) is 2. The Labute approximate surface area is 364 Å². The third-order valence-electron chi connectivity index (χ3n) is 13.4. The zero-order valence-electron chi connectivity index (χ0n) is 37.2. The van der Waals surface area contributed by atoms with E-state index >= 15 is 0 Å². The number of fused-ring (bicyclic) bond motifs is 3. The van der Waals surface area contributed by atoms with Crippen molar-refractivity contribution >= 4 is 22.4 Å². The van der Waals surface area contributed by atoms with Gasteiger partial charge in [-0.2, -0.15) is 0 Å². The van der Waals surface area contributed by atoms with Crippen molar-refractivity contribution in [3.8, 4) is 17.2 Å². The predicted molar refractivity (Wildman–Crippen MR) is 243 cm³/mol. The average Bonchev–Trinajstić information content (AvgIpc) is 3.78. The Hall–Kier alpha value is -4.18. The number of oxime groups is 1. The lowest BCUT2D eigenvalue weighted by Gasteiger charge is -2.60. The highest BCUT2D eigenvalue weighted by atomic mass is 16.7. The number of carbonyl (C=O) groups is 1. The highest BCUT2D eigenvalue weighted by Crippen LogP contribution is 2.62. The van der Waals surface area contributed by atoms with Crippen molar-refractivity contribution in [1.82, 2.24) is 4.90 Å². The van der Waals surface area contributed by atoms with Gasteiger partial charge in [-0.1, -0.05) is 93.1 Å². The summed E-state index contributed by atoms with van der Waals surface area (Å²) in [5.74, 6) is 1.45. The Bertz CT molecular complexity index is 2010. The molecule has 0 radical (unpaired) electrons. The molecule has 2 fully saturated rings. The van der Waals surface area contributed by atoms with Crippen molar-refractivity contribution in [2.24, 2.45) is 28.8 Å². The van der Waals surface area contributed by atoms with Gasteiger partial charge in [0, 0.05) is 44.1 Å². The minimum absolute atomic E-state index is 0.119. The monoisotopic (exact) mass is 835 g/mol. The molecule has 9 nitrogen and oxygen atoms in total. The molecule has 1 heterocycles. The SMILES string of the molecule is C=CCO[C@@]12Oc3ccc(Oc4ccc5ccccc5c4)cc3[C@H]3[C@H](CCCCO)[C@@H](CCCCO)C=C(C(=NOC(C)(C)C)C[C@@H]1N(CCC)C(=O)CCC1CCCC1)[C@H]32. The van der Waals surface area contributed by atoms with Crippen LogP contribution >= 0.6 is 0 Å². The maximum absolute atomic E-state index is 14.8. The summed E-state index contributed by atoms with van der Waals surface area (Å²) in [6, 6.07) is 20.1. The van der Waals surface area contributed by atoms with Gasteiger partial charge < -0.3 is 34.2 Å². The maximum Gasteiger partial charge on any atom is 0.239 e. The number of aliphatic hydroxyl groups is 2. The Balaban J connectivity index is 1.41. The fourth-order valence-corrected chi connectivity index (χ4v) is 10.7. The van der Waals surface area contributed by atoms with E-state index in [1.54, 1.807) is 6.08 Å². The minimum atomic E-state index is -1.26. The number of aliphatic hydroxyl groups excluding tert-OH is 2. The molecule has 7 rings (SSSR count). The van der Waals surface area contributed by atoms with Crippen LogP contribution in [0.1, 0.15) is 129 Å². The molecule has 0 saturated heterocycles. The van der Waals surface area contributed by atoms with Crippen molar-refractivity contribution in [2.45, 2.75) is 141 Å². The maximum atomic E-state index is 14.8.